The fraction of sp³-hybridized carbons (Fsp3) is 0.348. The molecular formula is C23H24N4O5. The highest BCUT2D eigenvalue weighted by Gasteiger charge is 2.41. The van der Waals surface area contributed by atoms with Crippen molar-refractivity contribution in [2.75, 3.05) is 37.6 Å². The first-order chi connectivity index (χ1) is 15.3. The average molecular weight is 436 g/mol. The van der Waals surface area contributed by atoms with Crippen LogP contribution in [0.2, 0.25) is 0 Å². The number of benzene rings is 2. The number of imide groups is 1. The predicted molar refractivity (Wildman–Crippen MR) is 118 cm³/mol. The van der Waals surface area contributed by atoms with Gasteiger partial charge in [-0.1, -0.05) is 18.2 Å². The van der Waals surface area contributed by atoms with Crippen LogP contribution < -0.4 is 4.90 Å². The Labute approximate surface area is 185 Å². The van der Waals surface area contributed by atoms with Crippen LogP contribution in [-0.2, 0) is 4.79 Å². The van der Waals surface area contributed by atoms with E-state index in [-0.39, 0.29) is 30.0 Å². The lowest BCUT2D eigenvalue weighted by molar-refractivity contribution is -0.385. The van der Waals surface area contributed by atoms with E-state index < -0.39 is 22.4 Å². The van der Waals surface area contributed by atoms with E-state index in [1.165, 1.54) is 35.0 Å². The summed E-state index contributed by atoms with van der Waals surface area (Å²) < 4.78 is 0. The Hall–Kier alpha value is -3.75. The maximum atomic E-state index is 12.7. The molecule has 0 aromatic heterocycles. The lowest BCUT2D eigenvalue weighted by Gasteiger charge is -2.37. The molecule has 0 unspecified atom stereocenters. The van der Waals surface area contributed by atoms with Crippen LogP contribution >= 0.6 is 0 Å². The van der Waals surface area contributed by atoms with Gasteiger partial charge in [0.1, 0.15) is 5.56 Å². The lowest BCUT2D eigenvalue weighted by atomic mass is 10.1. The number of nitrogens with zero attached hydrogens (tertiary/aromatic N) is 4. The molecule has 166 valence electrons. The van der Waals surface area contributed by atoms with E-state index in [4.69, 9.17) is 0 Å². The third-order valence-corrected chi connectivity index (χ3v) is 6.27. The third-order valence-electron chi connectivity index (χ3n) is 6.27. The fourth-order valence-electron chi connectivity index (χ4n) is 4.31. The second kappa shape index (κ2) is 8.41. The second-order valence-electron chi connectivity index (χ2n) is 8.06. The van der Waals surface area contributed by atoms with Gasteiger partial charge < -0.3 is 9.80 Å². The lowest BCUT2D eigenvalue weighted by Crippen LogP contribution is -2.49. The molecule has 0 aliphatic carbocycles. The number of fused-ring (bicyclic) bond motifs is 1. The summed E-state index contributed by atoms with van der Waals surface area (Å²) >= 11 is 0. The van der Waals surface area contributed by atoms with Crippen LogP contribution in [0.1, 0.15) is 38.3 Å². The van der Waals surface area contributed by atoms with E-state index in [1.807, 2.05) is 6.07 Å². The Morgan fingerprint density at radius 3 is 2.38 bits per heavy atom. The van der Waals surface area contributed by atoms with Gasteiger partial charge in [0.2, 0.25) is 5.91 Å². The summed E-state index contributed by atoms with van der Waals surface area (Å²) in [6.07, 6.45) is -0.0112. The maximum absolute atomic E-state index is 12.7. The van der Waals surface area contributed by atoms with Crippen LogP contribution in [0.5, 0.6) is 0 Å². The van der Waals surface area contributed by atoms with Crippen LogP contribution in [0.3, 0.4) is 0 Å². The van der Waals surface area contributed by atoms with Gasteiger partial charge in [0.25, 0.3) is 17.5 Å². The summed E-state index contributed by atoms with van der Waals surface area (Å²) in [5.41, 5.74) is 3.05. The standard InChI is InChI=1S/C23H24N4O5/c1-15-5-3-7-18(16(15)2)24-11-13-25(14-12-24)20(28)9-10-26-22(29)17-6-4-8-19(27(31)32)21(17)23(26)30/h3-8H,9-14H2,1-2H3. The highest BCUT2D eigenvalue weighted by Crippen LogP contribution is 2.31. The molecule has 32 heavy (non-hydrogen) atoms. The predicted octanol–water partition coefficient (Wildman–Crippen LogP) is 2.55. The van der Waals surface area contributed by atoms with Gasteiger partial charge in [0.15, 0.2) is 0 Å². The average Bonchev–Trinajstić information content (AvgIpc) is 3.04. The van der Waals surface area contributed by atoms with E-state index in [0.29, 0.717) is 26.2 Å². The van der Waals surface area contributed by atoms with Crippen LogP contribution in [-0.4, -0.2) is 65.2 Å². The van der Waals surface area contributed by atoms with Crippen LogP contribution in [0.25, 0.3) is 0 Å². The molecule has 3 amide bonds. The van der Waals surface area contributed by atoms with Crippen molar-refractivity contribution >= 4 is 29.1 Å². The number of piperazine rings is 1. The number of amides is 3. The monoisotopic (exact) mass is 436 g/mol. The Kier molecular flexibility index (Phi) is 5.65. The van der Waals surface area contributed by atoms with Gasteiger partial charge >= 0.3 is 0 Å². The third kappa shape index (κ3) is 3.70. The fourth-order valence-corrected chi connectivity index (χ4v) is 4.31. The van der Waals surface area contributed by atoms with Crippen molar-refractivity contribution < 1.29 is 19.3 Å². The Balaban J connectivity index is 1.36. The largest absolute Gasteiger partial charge is 0.368 e. The topological polar surface area (TPSA) is 104 Å². The Bertz CT molecular complexity index is 1120. The molecule has 2 aliphatic rings. The van der Waals surface area contributed by atoms with Crippen molar-refractivity contribution in [2.45, 2.75) is 20.3 Å². The van der Waals surface area contributed by atoms with Crippen molar-refractivity contribution in [3.8, 4) is 0 Å². The molecule has 0 radical (unpaired) electrons. The van der Waals surface area contributed by atoms with Gasteiger partial charge in [-0.25, -0.2) is 0 Å². The molecular weight excluding hydrogens is 412 g/mol. The molecule has 0 N–H and O–H groups in total. The first kappa shape index (κ1) is 21.5. The zero-order valence-electron chi connectivity index (χ0n) is 18.0. The van der Waals surface area contributed by atoms with Crippen molar-refractivity contribution in [3.63, 3.8) is 0 Å². The number of hydrogen-bond acceptors (Lipinski definition) is 6. The zero-order valence-corrected chi connectivity index (χ0v) is 18.0. The van der Waals surface area contributed by atoms with E-state index in [0.717, 1.165) is 4.90 Å². The van der Waals surface area contributed by atoms with E-state index in [9.17, 15) is 24.5 Å². The van der Waals surface area contributed by atoms with Crippen LogP contribution in [0.15, 0.2) is 36.4 Å². The van der Waals surface area contributed by atoms with Crippen LogP contribution in [0.4, 0.5) is 11.4 Å². The van der Waals surface area contributed by atoms with E-state index in [2.05, 4.69) is 30.9 Å². The summed E-state index contributed by atoms with van der Waals surface area (Å²) in [5.74, 6) is -1.46. The number of carbonyl (C=O) groups excluding carboxylic acids is 3. The second-order valence-corrected chi connectivity index (χ2v) is 8.06. The molecule has 1 fully saturated rings. The summed E-state index contributed by atoms with van der Waals surface area (Å²) in [6.45, 7) is 6.59. The highest BCUT2D eigenvalue weighted by molar-refractivity contribution is 6.23. The summed E-state index contributed by atoms with van der Waals surface area (Å²) in [7, 11) is 0. The van der Waals surface area contributed by atoms with Crippen molar-refractivity contribution in [2.24, 2.45) is 0 Å². The van der Waals surface area contributed by atoms with Crippen molar-refractivity contribution in [1.29, 1.82) is 0 Å². The number of nitro benzene ring substituents is 1. The SMILES string of the molecule is Cc1cccc(N2CCN(C(=O)CCN3C(=O)c4cccc([N+](=O)[O-])c4C3=O)CC2)c1C. The number of nitro groups is 1. The first-order valence-electron chi connectivity index (χ1n) is 10.5. The summed E-state index contributed by atoms with van der Waals surface area (Å²) in [5, 5.41) is 11.2. The smallest absolute Gasteiger partial charge is 0.282 e. The minimum Gasteiger partial charge on any atom is -0.368 e. The first-order valence-corrected chi connectivity index (χ1v) is 10.5. The van der Waals surface area contributed by atoms with Crippen molar-refractivity contribution in [3.05, 3.63) is 68.8 Å². The maximum Gasteiger partial charge on any atom is 0.282 e. The van der Waals surface area contributed by atoms with Gasteiger partial charge in [0, 0.05) is 50.9 Å². The molecule has 4 rings (SSSR count). The molecule has 2 aliphatic heterocycles. The number of carbonyl (C=O) groups is 3. The number of anilines is 1. The molecule has 0 saturated carbocycles. The Morgan fingerprint density at radius 1 is 1.00 bits per heavy atom. The molecule has 0 atom stereocenters. The quantitative estimate of drug-likeness (QED) is 0.405. The van der Waals surface area contributed by atoms with Crippen LogP contribution in [0, 0.1) is 24.0 Å². The molecule has 9 heteroatoms. The normalized spacial score (nSPS) is 15.9. The molecule has 1 saturated heterocycles. The molecule has 0 spiro atoms. The number of hydrogen-bond donors (Lipinski definition) is 0. The highest BCUT2D eigenvalue weighted by atomic mass is 16.6. The minimum absolute atomic E-state index is 0.0112. The van der Waals surface area contributed by atoms with Gasteiger partial charge in [-0.15, -0.1) is 0 Å². The molecule has 2 aromatic carbocycles. The summed E-state index contributed by atoms with van der Waals surface area (Å²) in [6, 6.07) is 10.2. The molecule has 0 bridgehead atoms. The summed E-state index contributed by atoms with van der Waals surface area (Å²) in [4.78, 5) is 53.4. The molecule has 9 nitrogen and oxygen atoms in total. The van der Waals surface area contributed by atoms with Gasteiger partial charge in [-0.3, -0.25) is 29.4 Å². The van der Waals surface area contributed by atoms with Crippen molar-refractivity contribution in [1.82, 2.24) is 9.80 Å². The number of aryl methyl sites for hydroxylation is 1. The van der Waals surface area contributed by atoms with Gasteiger partial charge in [-0.2, -0.15) is 0 Å². The molecule has 2 aromatic rings. The Morgan fingerprint density at radius 2 is 1.69 bits per heavy atom. The van der Waals surface area contributed by atoms with E-state index >= 15 is 0 Å². The zero-order chi connectivity index (χ0) is 23.0. The minimum atomic E-state index is -0.718. The molecule has 2 heterocycles. The van der Waals surface area contributed by atoms with Gasteiger partial charge in [0.05, 0.1) is 10.5 Å². The van der Waals surface area contributed by atoms with Gasteiger partial charge in [-0.05, 0) is 37.1 Å². The number of rotatable bonds is 5. The van der Waals surface area contributed by atoms with E-state index in [1.54, 1.807) is 4.90 Å².